The zero-order chi connectivity index (χ0) is 15.7. The summed E-state index contributed by atoms with van der Waals surface area (Å²) in [5.41, 5.74) is 0.623. The van der Waals surface area contributed by atoms with Crippen molar-refractivity contribution in [1.82, 2.24) is 5.32 Å². The van der Waals surface area contributed by atoms with Crippen LogP contribution in [0, 0.1) is 0 Å². The summed E-state index contributed by atoms with van der Waals surface area (Å²) in [5.74, 6) is -0.586. The summed E-state index contributed by atoms with van der Waals surface area (Å²) in [7, 11) is 0. The van der Waals surface area contributed by atoms with Crippen LogP contribution in [0.3, 0.4) is 0 Å². The molecule has 0 aromatic heterocycles. The topological polar surface area (TPSA) is 87.7 Å². The van der Waals surface area contributed by atoms with Crippen LogP contribution in [0.1, 0.15) is 33.1 Å². The molecule has 0 aliphatic carbocycles. The first kappa shape index (κ1) is 16.8. The quantitative estimate of drug-likeness (QED) is 0.688. The van der Waals surface area contributed by atoms with Crippen LogP contribution in [-0.4, -0.2) is 29.8 Å². The molecule has 21 heavy (non-hydrogen) atoms. The van der Waals surface area contributed by atoms with Gasteiger partial charge in [-0.15, -0.1) is 0 Å². The number of carboxylic acid groups (broad SMARTS) is 1. The van der Waals surface area contributed by atoms with Crippen LogP contribution >= 0.6 is 0 Å². The minimum absolute atomic E-state index is 0.128. The van der Waals surface area contributed by atoms with E-state index in [2.05, 4.69) is 17.6 Å². The van der Waals surface area contributed by atoms with E-state index in [0.29, 0.717) is 11.4 Å². The molecule has 0 saturated heterocycles. The number of carboxylic acids is 1. The summed E-state index contributed by atoms with van der Waals surface area (Å²) in [6.07, 6.45) is 3.13. The van der Waals surface area contributed by atoms with Crippen LogP contribution in [0.2, 0.25) is 0 Å². The predicted molar refractivity (Wildman–Crippen MR) is 80.7 cm³/mol. The fourth-order valence-corrected chi connectivity index (χ4v) is 1.75. The molecule has 1 unspecified atom stereocenters. The molecular formula is C15H22N2O4. The van der Waals surface area contributed by atoms with Crippen molar-refractivity contribution in [2.24, 2.45) is 0 Å². The Morgan fingerprint density at radius 3 is 2.52 bits per heavy atom. The molecule has 1 rings (SSSR count). The lowest BCUT2D eigenvalue weighted by Gasteiger charge is -2.14. The van der Waals surface area contributed by atoms with Crippen molar-refractivity contribution in [2.75, 3.05) is 11.9 Å². The number of ether oxygens (including phenoxy) is 1. The maximum absolute atomic E-state index is 11.8. The highest BCUT2D eigenvalue weighted by Crippen LogP contribution is 2.15. The summed E-state index contributed by atoms with van der Waals surface area (Å²) in [6.45, 7) is 3.70. The van der Waals surface area contributed by atoms with E-state index in [0.717, 1.165) is 19.3 Å². The fourth-order valence-electron chi connectivity index (χ4n) is 1.75. The maximum Gasteiger partial charge on any atom is 0.341 e. The van der Waals surface area contributed by atoms with E-state index in [-0.39, 0.29) is 18.7 Å². The van der Waals surface area contributed by atoms with E-state index in [4.69, 9.17) is 9.84 Å². The lowest BCUT2D eigenvalue weighted by atomic mass is 10.1. The van der Waals surface area contributed by atoms with Gasteiger partial charge in [0.2, 0.25) is 0 Å². The molecule has 1 atom stereocenters. The van der Waals surface area contributed by atoms with Gasteiger partial charge in [-0.2, -0.15) is 0 Å². The molecule has 6 nitrogen and oxygen atoms in total. The van der Waals surface area contributed by atoms with Gasteiger partial charge in [0.1, 0.15) is 5.75 Å². The average Bonchev–Trinajstić information content (AvgIpc) is 2.44. The molecule has 1 aromatic carbocycles. The van der Waals surface area contributed by atoms with Crippen molar-refractivity contribution in [2.45, 2.75) is 39.2 Å². The SMILES string of the molecule is CCCCC(C)NC(=O)Nc1ccc(OCC(=O)O)cc1. The maximum atomic E-state index is 11.8. The summed E-state index contributed by atoms with van der Waals surface area (Å²) < 4.78 is 5.01. The number of benzene rings is 1. The second kappa shape index (κ2) is 8.84. The van der Waals surface area contributed by atoms with Crippen LogP contribution in [-0.2, 0) is 4.79 Å². The first-order valence-corrected chi connectivity index (χ1v) is 7.03. The van der Waals surface area contributed by atoms with E-state index >= 15 is 0 Å². The molecule has 1 aromatic rings. The molecule has 0 bridgehead atoms. The molecule has 0 heterocycles. The number of nitrogens with one attached hydrogen (secondary N) is 2. The number of anilines is 1. The number of urea groups is 1. The molecule has 3 N–H and O–H groups in total. The van der Waals surface area contributed by atoms with Gasteiger partial charge in [0.05, 0.1) is 0 Å². The van der Waals surface area contributed by atoms with Gasteiger partial charge in [0.15, 0.2) is 6.61 Å². The smallest absolute Gasteiger partial charge is 0.341 e. The van der Waals surface area contributed by atoms with E-state index < -0.39 is 5.97 Å². The van der Waals surface area contributed by atoms with Gasteiger partial charge in [-0.3, -0.25) is 0 Å². The number of carbonyl (C=O) groups excluding carboxylic acids is 1. The zero-order valence-corrected chi connectivity index (χ0v) is 12.4. The fraction of sp³-hybridized carbons (Fsp3) is 0.467. The second-order valence-corrected chi connectivity index (χ2v) is 4.85. The minimum atomic E-state index is -1.03. The van der Waals surface area contributed by atoms with Gasteiger partial charge < -0.3 is 20.5 Å². The van der Waals surface area contributed by atoms with Crippen molar-refractivity contribution in [1.29, 1.82) is 0 Å². The molecule has 0 fully saturated rings. The molecule has 6 heteroatoms. The Balaban J connectivity index is 2.40. The van der Waals surface area contributed by atoms with Gasteiger partial charge in [-0.1, -0.05) is 19.8 Å². The van der Waals surface area contributed by atoms with Crippen molar-refractivity contribution < 1.29 is 19.4 Å². The zero-order valence-electron chi connectivity index (χ0n) is 12.4. The first-order valence-electron chi connectivity index (χ1n) is 7.03. The Morgan fingerprint density at radius 2 is 1.95 bits per heavy atom. The van der Waals surface area contributed by atoms with E-state index in [9.17, 15) is 9.59 Å². The molecule has 0 radical (unpaired) electrons. The molecule has 0 aliphatic rings. The Bertz CT molecular complexity index is 459. The largest absolute Gasteiger partial charge is 0.482 e. The predicted octanol–water partition coefficient (Wildman–Crippen LogP) is 2.85. The molecule has 0 spiro atoms. The van der Waals surface area contributed by atoms with Crippen molar-refractivity contribution >= 4 is 17.7 Å². The molecule has 116 valence electrons. The number of aliphatic carboxylic acids is 1. The van der Waals surface area contributed by atoms with E-state index in [1.807, 2.05) is 6.92 Å². The third kappa shape index (κ3) is 7.20. The van der Waals surface area contributed by atoms with Gasteiger partial charge in [0.25, 0.3) is 0 Å². The second-order valence-electron chi connectivity index (χ2n) is 4.85. The standard InChI is InChI=1S/C15H22N2O4/c1-3-4-5-11(2)16-15(20)17-12-6-8-13(9-7-12)21-10-14(18)19/h6-9,11H,3-5,10H2,1-2H3,(H,18,19)(H2,16,17,20). The van der Waals surface area contributed by atoms with Crippen LogP contribution in [0.25, 0.3) is 0 Å². The number of amides is 2. The van der Waals surface area contributed by atoms with Crippen LogP contribution in [0.4, 0.5) is 10.5 Å². The van der Waals surface area contributed by atoms with Crippen LogP contribution in [0.5, 0.6) is 5.75 Å². The van der Waals surface area contributed by atoms with Gasteiger partial charge >= 0.3 is 12.0 Å². The number of carbonyl (C=O) groups is 2. The Labute approximate surface area is 124 Å². The molecular weight excluding hydrogens is 272 g/mol. The summed E-state index contributed by atoms with van der Waals surface area (Å²) in [6, 6.07) is 6.42. The van der Waals surface area contributed by atoms with E-state index in [1.54, 1.807) is 24.3 Å². The highest BCUT2D eigenvalue weighted by atomic mass is 16.5. The van der Waals surface area contributed by atoms with Crippen LogP contribution < -0.4 is 15.4 Å². The van der Waals surface area contributed by atoms with Crippen LogP contribution in [0.15, 0.2) is 24.3 Å². The normalized spacial score (nSPS) is 11.5. The van der Waals surface area contributed by atoms with Crippen molar-refractivity contribution in [3.05, 3.63) is 24.3 Å². The summed E-state index contributed by atoms with van der Waals surface area (Å²) in [5, 5.41) is 14.1. The third-order valence-corrected chi connectivity index (χ3v) is 2.84. The van der Waals surface area contributed by atoms with Gasteiger partial charge in [-0.25, -0.2) is 9.59 Å². The van der Waals surface area contributed by atoms with Crippen molar-refractivity contribution in [3.63, 3.8) is 0 Å². The Kier molecular flexibility index (Phi) is 7.08. The molecule has 0 aliphatic heterocycles. The minimum Gasteiger partial charge on any atom is -0.482 e. The monoisotopic (exact) mass is 294 g/mol. The van der Waals surface area contributed by atoms with Gasteiger partial charge in [0, 0.05) is 11.7 Å². The molecule has 2 amide bonds. The Morgan fingerprint density at radius 1 is 1.29 bits per heavy atom. The summed E-state index contributed by atoms with van der Waals surface area (Å²) in [4.78, 5) is 22.1. The highest BCUT2D eigenvalue weighted by Gasteiger charge is 2.07. The number of hydrogen-bond acceptors (Lipinski definition) is 3. The number of rotatable bonds is 8. The lowest BCUT2D eigenvalue weighted by Crippen LogP contribution is -2.36. The van der Waals surface area contributed by atoms with Crippen molar-refractivity contribution in [3.8, 4) is 5.75 Å². The van der Waals surface area contributed by atoms with Gasteiger partial charge in [-0.05, 0) is 37.6 Å². The Hall–Kier alpha value is -2.24. The summed E-state index contributed by atoms with van der Waals surface area (Å²) >= 11 is 0. The number of hydrogen-bond donors (Lipinski definition) is 3. The number of unbranched alkanes of at least 4 members (excludes halogenated alkanes) is 1. The average molecular weight is 294 g/mol. The van der Waals surface area contributed by atoms with E-state index in [1.165, 1.54) is 0 Å². The highest BCUT2D eigenvalue weighted by molar-refractivity contribution is 5.89. The lowest BCUT2D eigenvalue weighted by molar-refractivity contribution is -0.139. The third-order valence-electron chi connectivity index (χ3n) is 2.84. The molecule has 0 saturated carbocycles. The first-order chi connectivity index (χ1) is 10.0.